The second-order valence-electron chi connectivity index (χ2n) is 5.11. The van der Waals surface area contributed by atoms with E-state index in [1.807, 2.05) is 37.3 Å². The zero-order valence-corrected chi connectivity index (χ0v) is 12.3. The van der Waals surface area contributed by atoms with Crippen molar-refractivity contribution in [1.82, 2.24) is 9.78 Å². The van der Waals surface area contributed by atoms with E-state index in [2.05, 4.69) is 5.10 Å². The molecule has 0 fully saturated rings. The van der Waals surface area contributed by atoms with E-state index in [4.69, 9.17) is 0 Å². The van der Waals surface area contributed by atoms with E-state index < -0.39 is 0 Å². The van der Waals surface area contributed by atoms with E-state index in [9.17, 15) is 10.0 Å². The van der Waals surface area contributed by atoms with Crippen LogP contribution in [0, 0.1) is 5.21 Å². The molecule has 0 saturated heterocycles. The molecule has 0 saturated carbocycles. The minimum atomic E-state index is -0.170. The van der Waals surface area contributed by atoms with Crippen LogP contribution in [0.4, 0.5) is 0 Å². The van der Waals surface area contributed by atoms with Crippen molar-refractivity contribution in [3.05, 3.63) is 75.9 Å². The molecule has 0 aliphatic carbocycles. The highest BCUT2D eigenvalue weighted by molar-refractivity contribution is 5.62. The van der Waals surface area contributed by atoms with Crippen molar-refractivity contribution in [3.63, 3.8) is 0 Å². The van der Waals surface area contributed by atoms with Crippen molar-refractivity contribution in [2.45, 2.75) is 19.8 Å². The normalized spacial score (nSPS) is 10.8. The number of aromatic amines is 1. The zero-order chi connectivity index (χ0) is 15.5. The number of pyridine rings is 1. The third-order valence-electron chi connectivity index (χ3n) is 3.58. The van der Waals surface area contributed by atoms with Gasteiger partial charge in [-0.3, -0.25) is 0 Å². The van der Waals surface area contributed by atoms with E-state index in [1.165, 1.54) is 10.9 Å². The lowest BCUT2D eigenvalue weighted by Gasteiger charge is -2.05. The van der Waals surface area contributed by atoms with Gasteiger partial charge in [-0.05, 0) is 12.5 Å². The van der Waals surface area contributed by atoms with Crippen LogP contribution in [0.5, 0.6) is 0 Å². The maximum absolute atomic E-state index is 12.7. The van der Waals surface area contributed by atoms with Crippen LogP contribution in [-0.2, 0) is 6.42 Å². The molecular formula is C17H17N3O2. The van der Waals surface area contributed by atoms with Gasteiger partial charge in [-0.1, -0.05) is 54.4 Å². The molecule has 0 radical (unpaired) electrons. The summed E-state index contributed by atoms with van der Waals surface area (Å²) in [5, 5.41) is 15.0. The van der Waals surface area contributed by atoms with Crippen LogP contribution >= 0.6 is 0 Å². The smallest absolute Gasteiger partial charge is 0.362 e. The van der Waals surface area contributed by atoms with Gasteiger partial charge >= 0.3 is 11.4 Å². The summed E-state index contributed by atoms with van der Waals surface area (Å²) >= 11 is 0. The van der Waals surface area contributed by atoms with Crippen LogP contribution < -0.4 is 10.3 Å². The summed E-state index contributed by atoms with van der Waals surface area (Å²) in [5.41, 5.74) is 2.25. The third-order valence-corrected chi connectivity index (χ3v) is 3.58. The number of benzene rings is 1. The molecule has 0 spiro atoms. The molecule has 5 heteroatoms. The first-order valence-electron chi connectivity index (χ1n) is 7.30. The van der Waals surface area contributed by atoms with Gasteiger partial charge in [0.2, 0.25) is 0 Å². The van der Waals surface area contributed by atoms with Crippen LogP contribution in [0.3, 0.4) is 0 Å². The Labute approximate surface area is 128 Å². The third kappa shape index (κ3) is 2.41. The SMILES string of the molecule is CCCc1c(-c2ccccc2)[nH]n(-c2cccc[n+]2[O-])c1=O. The van der Waals surface area contributed by atoms with Gasteiger partial charge in [-0.15, -0.1) is 0 Å². The van der Waals surface area contributed by atoms with Crippen LogP contribution in [-0.4, -0.2) is 9.78 Å². The molecule has 3 rings (SSSR count). The Morgan fingerprint density at radius 1 is 1.14 bits per heavy atom. The number of aromatic nitrogens is 3. The summed E-state index contributed by atoms with van der Waals surface area (Å²) in [6.45, 7) is 2.03. The number of rotatable bonds is 4. The first kappa shape index (κ1) is 14.1. The first-order chi connectivity index (χ1) is 10.7. The maximum Gasteiger partial charge on any atom is 0.362 e. The highest BCUT2D eigenvalue weighted by Crippen LogP contribution is 2.21. The molecule has 3 aromatic rings. The minimum Gasteiger partial charge on any atom is -0.711 e. The second-order valence-corrected chi connectivity index (χ2v) is 5.11. The topological polar surface area (TPSA) is 64.7 Å². The lowest BCUT2D eigenvalue weighted by molar-refractivity contribution is -0.600. The largest absolute Gasteiger partial charge is 0.711 e. The fraction of sp³-hybridized carbons (Fsp3) is 0.176. The van der Waals surface area contributed by atoms with Gasteiger partial charge in [-0.25, -0.2) is 14.6 Å². The number of H-pyrrole nitrogens is 1. The van der Waals surface area contributed by atoms with Gasteiger partial charge in [0, 0.05) is 11.6 Å². The van der Waals surface area contributed by atoms with Gasteiger partial charge in [0.25, 0.3) is 0 Å². The highest BCUT2D eigenvalue weighted by Gasteiger charge is 2.22. The molecule has 2 aromatic heterocycles. The van der Waals surface area contributed by atoms with Gasteiger partial charge < -0.3 is 5.21 Å². The maximum atomic E-state index is 12.7. The molecular weight excluding hydrogens is 278 g/mol. The lowest BCUT2D eigenvalue weighted by atomic mass is 10.1. The number of nitrogens with one attached hydrogen (secondary N) is 1. The summed E-state index contributed by atoms with van der Waals surface area (Å²) in [6.07, 6.45) is 2.90. The summed E-state index contributed by atoms with van der Waals surface area (Å²) in [5.74, 6) is 0.270. The summed E-state index contributed by atoms with van der Waals surface area (Å²) in [6, 6.07) is 14.7. The number of hydrogen-bond acceptors (Lipinski definition) is 2. The molecule has 5 nitrogen and oxygen atoms in total. The fourth-order valence-corrected chi connectivity index (χ4v) is 2.55. The van der Waals surface area contributed by atoms with Crippen LogP contribution in [0.2, 0.25) is 0 Å². The molecule has 0 aliphatic rings. The molecule has 0 bridgehead atoms. The van der Waals surface area contributed by atoms with E-state index in [-0.39, 0.29) is 11.4 Å². The number of hydrogen-bond donors (Lipinski definition) is 1. The Balaban J connectivity index is 2.22. The van der Waals surface area contributed by atoms with Crippen molar-refractivity contribution >= 4 is 0 Å². The Morgan fingerprint density at radius 2 is 1.86 bits per heavy atom. The zero-order valence-electron chi connectivity index (χ0n) is 12.3. The van der Waals surface area contributed by atoms with E-state index in [1.54, 1.807) is 18.2 Å². The Bertz CT molecular complexity index is 835. The molecule has 2 heterocycles. The molecule has 0 unspecified atom stereocenters. The van der Waals surface area contributed by atoms with E-state index in [0.29, 0.717) is 16.7 Å². The second kappa shape index (κ2) is 5.89. The Kier molecular flexibility index (Phi) is 3.78. The molecule has 0 atom stereocenters. The van der Waals surface area contributed by atoms with Gasteiger partial charge in [0.05, 0.1) is 17.5 Å². The van der Waals surface area contributed by atoms with Crippen LogP contribution in [0.15, 0.2) is 59.5 Å². The minimum absolute atomic E-state index is 0.170. The number of nitrogens with zero attached hydrogens (tertiary/aromatic N) is 2. The first-order valence-corrected chi connectivity index (χ1v) is 7.30. The van der Waals surface area contributed by atoms with Crippen molar-refractivity contribution < 1.29 is 4.73 Å². The van der Waals surface area contributed by atoms with E-state index in [0.717, 1.165) is 17.7 Å². The standard InChI is InChI=1S/C17H17N3O2/c1-2-8-14-16(13-9-4-3-5-10-13)18-20(17(14)21)15-11-6-7-12-19(15)22/h3-7,9-12,18H,2,8H2,1H3. The molecule has 1 aromatic carbocycles. The highest BCUT2D eigenvalue weighted by atomic mass is 16.5. The van der Waals surface area contributed by atoms with Gasteiger partial charge in [0.15, 0.2) is 0 Å². The molecule has 0 aliphatic heterocycles. The predicted octanol–water partition coefficient (Wildman–Crippen LogP) is 2.42. The molecule has 1 N–H and O–H groups in total. The van der Waals surface area contributed by atoms with Gasteiger partial charge in [-0.2, -0.15) is 0 Å². The van der Waals surface area contributed by atoms with Crippen molar-refractivity contribution in [2.24, 2.45) is 0 Å². The fourth-order valence-electron chi connectivity index (χ4n) is 2.55. The average Bonchev–Trinajstić information content (AvgIpc) is 2.86. The Hall–Kier alpha value is -2.82. The monoisotopic (exact) mass is 295 g/mol. The van der Waals surface area contributed by atoms with Crippen LogP contribution in [0.1, 0.15) is 18.9 Å². The van der Waals surface area contributed by atoms with Crippen molar-refractivity contribution in [3.8, 4) is 17.1 Å². The summed E-state index contributed by atoms with van der Waals surface area (Å²) < 4.78 is 2.00. The summed E-state index contributed by atoms with van der Waals surface area (Å²) in [7, 11) is 0. The lowest BCUT2D eigenvalue weighted by Crippen LogP contribution is -2.35. The molecule has 22 heavy (non-hydrogen) atoms. The Morgan fingerprint density at radius 3 is 2.55 bits per heavy atom. The van der Waals surface area contributed by atoms with Crippen molar-refractivity contribution in [1.29, 1.82) is 0 Å². The molecule has 0 amide bonds. The van der Waals surface area contributed by atoms with Gasteiger partial charge in [0.1, 0.15) is 0 Å². The average molecular weight is 295 g/mol. The molecule has 112 valence electrons. The summed E-state index contributed by atoms with van der Waals surface area (Å²) in [4.78, 5) is 12.7. The van der Waals surface area contributed by atoms with E-state index >= 15 is 0 Å². The quantitative estimate of drug-likeness (QED) is 0.593. The van der Waals surface area contributed by atoms with Crippen LogP contribution in [0.25, 0.3) is 17.1 Å². The predicted molar refractivity (Wildman–Crippen MR) is 84.8 cm³/mol. The van der Waals surface area contributed by atoms with Crippen molar-refractivity contribution in [2.75, 3.05) is 0 Å².